The van der Waals surface area contributed by atoms with Crippen molar-refractivity contribution < 1.29 is 14.6 Å². The van der Waals surface area contributed by atoms with E-state index in [-0.39, 0.29) is 5.92 Å². The third-order valence-electron chi connectivity index (χ3n) is 2.93. The molecule has 1 aromatic rings. The van der Waals surface area contributed by atoms with Crippen LogP contribution in [-0.4, -0.2) is 36.2 Å². The maximum Gasteiger partial charge on any atom is 0.309 e. The summed E-state index contributed by atoms with van der Waals surface area (Å²) in [4.78, 5) is 12.8. The quantitative estimate of drug-likeness (QED) is 0.923. The van der Waals surface area contributed by atoms with Gasteiger partial charge in [-0.25, -0.2) is 0 Å². The van der Waals surface area contributed by atoms with Crippen molar-refractivity contribution in [2.75, 3.05) is 20.2 Å². The zero-order valence-corrected chi connectivity index (χ0v) is 11.1. The van der Waals surface area contributed by atoms with Crippen molar-refractivity contribution in [1.82, 2.24) is 4.90 Å². The molecule has 4 nitrogen and oxygen atoms in total. The minimum Gasteiger partial charge on any atom is -0.496 e. The minimum atomic E-state index is -0.697. The number of rotatable bonds is 4. The topological polar surface area (TPSA) is 49.8 Å². The van der Waals surface area contributed by atoms with Gasteiger partial charge < -0.3 is 9.84 Å². The van der Waals surface area contributed by atoms with Crippen molar-refractivity contribution in [3.8, 4) is 5.75 Å². The van der Waals surface area contributed by atoms with Crippen LogP contribution in [0.1, 0.15) is 5.56 Å². The molecule has 1 N–H and O–H groups in total. The van der Waals surface area contributed by atoms with Gasteiger partial charge in [-0.2, -0.15) is 0 Å². The largest absolute Gasteiger partial charge is 0.496 e. The van der Waals surface area contributed by atoms with Gasteiger partial charge in [0.25, 0.3) is 0 Å². The molecule has 0 saturated carbocycles. The van der Waals surface area contributed by atoms with Crippen LogP contribution >= 0.6 is 15.9 Å². The Balaban J connectivity index is 1.92. The van der Waals surface area contributed by atoms with E-state index in [0.29, 0.717) is 13.1 Å². The first-order valence-corrected chi connectivity index (χ1v) is 6.17. The van der Waals surface area contributed by atoms with E-state index in [1.54, 1.807) is 7.11 Å². The van der Waals surface area contributed by atoms with Crippen LogP contribution in [0.15, 0.2) is 22.7 Å². The van der Waals surface area contributed by atoms with E-state index in [1.807, 2.05) is 18.2 Å². The van der Waals surface area contributed by atoms with Crippen LogP contribution in [0, 0.1) is 5.92 Å². The summed E-state index contributed by atoms with van der Waals surface area (Å²) in [7, 11) is 1.63. The van der Waals surface area contributed by atoms with Crippen molar-refractivity contribution >= 4 is 21.9 Å². The van der Waals surface area contributed by atoms with Gasteiger partial charge >= 0.3 is 5.97 Å². The summed E-state index contributed by atoms with van der Waals surface area (Å²) in [5.41, 5.74) is 1.15. The normalized spacial score (nSPS) is 16.6. The maximum absolute atomic E-state index is 10.7. The van der Waals surface area contributed by atoms with E-state index >= 15 is 0 Å². The summed E-state index contributed by atoms with van der Waals surface area (Å²) in [6.07, 6.45) is 0. The van der Waals surface area contributed by atoms with Gasteiger partial charge in [-0.05, 0) is 33.6 Å². The Kier molecular flexibility index (Phi) is 3.69. The number of methoxy groups -OCH3 is 1. The molecule has 0 unspecified atom stereocenters. The third-order valence-corrected chi connectivity index (χ3v) is 3.55. The number of aliphatic carboxylic acids is 1. The molecule has 1 saturated heterocycles. The third kappa shape index (κ3) is 2.79. The van der Waals surface area contributed by atoms with Crippen LogP contribution in [0.3, 0.4) is 0 Å². The highest BCUT2D eigenvalue weighted by atomic mass is 79.9. The smallest absolute Gasteiger partial charge is 0.309 e. The first-order valence-electron chi connectivity index (χ1n) is 5.37. The first-order chi connectivity index (χ1) is 8.10. The molecule has 92 valence electrons. The maximum atomic E-state index is 10.7. The Morgan fingerprint density at radius 3 is 2.82 bits per heavy atom. The second kappa shape index (κ2) is 5.06. The van der Waals surface area contributed by atoms with E-state index in [4.69, 9.17) is 9.84 Å². The molecule has 1 aromatic carbocycles. The molecule has 1 aliphatic rings. The minimum absolute atomic E-state index is 0.198. The summed E-state index contributed by atoms with van der Waals surface area (Å²) < 4.78 is 6.08. The number of carbonyl (C=O) groups is 1. The van der Waals surface area contributed by atoms with E-state index < -0.39 is 5.97 Å². The van der Waals surface area contributed by atoms with Crippen LogP contribution in [0.25, 0.3) is 0 Å². The molecule has 5 heteroatoms. The Labute approximate surface area is 108 Å². The lowest BCUT2D eigenvalue weighted by Gasteiger charge is -2.36. The molecule has 1 heterocycles. The number of nitrogens with zero attached hydrogens (tertiary/aromatic N) is 1. The van der Waals surface area contributed by atoms with E-state index in [1.165, 1.54) is 0 Å². The highest BCUT2D eigenvalue weighted by molar-refractivity contribution is 9.10. The van der Waals surface area contributed by atoms with E-state index in [0.717, 1.165) is 22.3 Å². The summed E-state index contributed by atoms with van der Waals surface area (Å²) in [6, 6.07) is 5.92. The zero-order chi connectivity index (χ0) is 12.4. The predicted molar refractivity (Wildman–Crippen MR) is 67.1 cm³/mol. The summed E-state index contributed by atoms with van der Waals surface area (Å²) in [5, 5.41) is 8.78. The molecule has 0 spiro atoms. The van der Waals surface area contributed by atoms with Gasteiger partial charge in [0.05, 0.1) is 17.5 Å². The molecule has 17 heavy (non-hydrogen) atoms. The Bertz CT molecular complexity index is 430. The first kappa shape index (κ1) is 12.4. The van der Waals surface area contributed by atoms with Gasteiger partial charge in [-0.15, -0.1) is 0 Å². The monoisotopic (exact) mass is 299 g/mol. The van der Waals surface area contributed by atoms with Crippen molar-refractivity contribution in [1.29, 1.82) is 0 Å². The van der Waals surface area contributed by atoms with Crippen LogP contribution < -0.4 is 4.74 Å². The second-order valence-corrected chi connectivity index (χ2v) is 5.05. The fourth-order valence-electron chi connectivity index (χ4n) is 1.92. The number of benzene rings is 1. The van der Waals surface area contributed by atoms with Crippen molar-refractivity contribution in [3.63, 3.8) is 0 Å². The van der Waals surface area contributed by atoms with Crippen molar-refractivity contribution in [3.05, 3.63) is 28.2 Å². The number of hydrogen-bond donors (Lipinski definition) is 1. The van der Waals surface area contributed by atoms with Crippen molar-refractivity contribution in [2.24, 2.45) is 5.92 Å². The number of carboxylic acids is 1. The Morgan fingerprint density at radius 1 is 1.59 bits per heavy atom. The van der Waals surface area contributed by atoms with E-state index in [9.17, 15) is 4.79 Å². The second-order valence-electron chi connectivity index (χ2n) is 4.20. The average molecular weight is 300 g/mol. The molecule has 1 fully saturated rings. The predicted octanol–water partition coefficient (Wildman–Crippen LogP) is 1.97. The number of halogens is 1. The molecule has 0 aliphatic carbocycles. The van der Waals surface area contributed by atoms with Crippen molar-refractivity contribution in [2.45, 2.75) is 6.54 Å². The molecule has 0 aromatic heterocycles. The van der Waals surface area contributed by atoms with Gasteiger partial charge in [0.1, 0.15) is 5.75 Å². The Morgan fingerprint density at radius 2 is 2.29 bits per heavy atom. The lowest BCUT2D eigenvalue weighted by atomic mass is 10.00. The van der Waals surface area contributed by atoms with Gasteiger partial charge in [-0.3, -0.25) is 9.69 Å². The molecule has 0 bridgehead atoms. The molecule has 2 rings (SSSR count). The van der Waals surface area contributed by atoms with Gasteiger partial charge in [-0.1, -0.05) is 6.07 Å². The molecule has 0 amide bonds. The highest BCUT2D eigenvalue weighted by Crippen LogP contribution is 2.27. The number of carboxylic acid groups (broad SMARTS) is 1. The lowest BCUT2D eigenvalue weighted by molar-refractivity contribution is -0.147. The van der Waals surface area contributed by atoms with Crippen LogP contribution in [0.2, 0.25) is 0 Å². The van der Waals surface area contributed by atoms with Gasteiger partial charge in [0.15, 0.2) is 0 Å². The molecular formula is C12H14BrNO3. The van der Waals surface area contributed by atoms with Gasteiger partial charge in [0.2, 0.25) is 0 Å². The lowest BCUT2D eigenvalue weighted by Crippen LogP contribution is -2.49. The Hall–Kier alpha value is -1.07. The van der Waals surface area contributed by atoms with Gasteiger partial charge in [0, 0.05) is 19.6 Å². The fourth-order valence-corrected chi connectivity index (χ4v) is 2.51. The fraction of sp³-hybridized carbons (Fsp3) is 0.417. The number of likely N-dealkylation sites (tertiary alicyclic amines) is 1. The number of ether oxygens (including phenoxy) is 1. The highest BCUT2D eigenvalue weighted by Gasteiger charge is 2.32. The standard InChI is InChI=1S/C12H14BrNO3/c1-17-11-3-2-8(4-10(11)13)5-14-6-9(7-14)12(15)16/h2-4,9H,5-7H2,1H3,(H,15,16). The molecule has 0 atom stereocenters. The summed E-state index contributed by atoms with van der Waals surface area (Å²) in [5.74, 6) is -0.0883. The molecule has 0 radical (unpaired) electrons. The summed E-state index contributed by atoms with van der Waals surface area (Å²) in [6.45, 7) is 2.06. The zero-order valence-electron chi connectivity index (χ0n) is 9.52. The van der Waals surface area contributed by atoms with Crippen LogP contribution in [-0.2, 0) is 11.3 Å². The molecular weight excluding hydrogens is 286 g/mol. The van der Waals surface area contributed by atoms with Crippen LogP contribution in [0.5, 0.6) is 5.75 Å². The SMILES string of the molecule is COc1ccc(CN2CC(C(=O)O)C2)cc1Br. The molecule has 1 aliphatic heterocycles. The van der Waals surface area contributed by atoms with E-state index in [2.05, 4.69) is 20.8 Å². The average Bonchev–Trinajstić information content (AvgIpc) is 2.22. The van der Waals surface area contributed by atoms with Crippen LogP contribution in [0.4, 0.5) is 0 Å². The number of hydrogen-bond acceptors (Lipinski definition) is 3. The summed E-state index contributed by atoms with van der Waals surface area (Å²) >= 11 is 3.43.